The second kappa shape index (κ2) is 10.5. The van der Waals surface area contributed by atoms with Gasteiger partial charge in [-0.1, -0.05) is 51.5 Å². The zero-order valence-electron chi connectivity index (χ0n) is 16.7. The van der Waals surface area contributed by atoms with Crippen LogP contribution in [0, 0.1) is 11.3 Å². The molecule has 1 aliphatic rings. The number of nitrogens with zero attached hydrogens (tertiary/aromatic N) is 6. The number of methoxy groups -OCH3 is 1. The Kier molecular flexibility index (Phi) is 7.89. The number of pyridine rings is 1. The second-order valence-electron chi connectivity index (χ2n) is 6.80. The topological polar surface area (TPSA) is 139 Å². The van der Waals surface area contributed by atoms with E-state index >= 15 is 0 Å². The van der Waals surface area contributed by atoms with E-state index in [9.17, 15) is 15.5 Å². The van der Waals surface area contributed by atoms with Gasteiger partial charge in [-0.05, 0) is 22.0 Å². The van der Waals surface area contributed by atoms with Gasteiger partial charge in [0.2, 0.25) is 0 Å². The lowest BCUT2D eigenvalue weighted by molar-refractivity contribution is -0.186. The molecule has 1 fully saturated rings. The largest absolute Gasteiger partial charge is 0.394 e. The van der Waals surface area contributed by atoms with Crippen molar-refractivity contribution >= 4 is 62.2 Å². The predicted octanol–water partition coefficient (Wildman–Crippen LogP) is 3.16. The van der Waals surface area contributed by atoms with Gasteiger partial charge in [0, 0.05) is 22.7 Å². The van der Waals surface area contributed by atoms with Gasteiger partial charge in [-0.3, -0.25) is 0 Å². The van der Waals surface area contributed by atoms with Crippen molar-refractivity contribution in [2.75, 3.05) is 13.7 Å². The summed E-state index contributed by atoms with van der Waals surface area (Å²) in [5.74, 6) is 0. The van der Waals surface area contributed by atoms with E-state index in [0.29, 0.717) is 24.4 Å². The van der Waals surface area contributed by atoms with Crippen LogP contribution in [0.5, 0.6) is 0 Å². The van der Waals surface area contributed by atoms with Gasteiger partial charge < -0.3 is 19.7 Å². The molecule has 174 valence electrons. The van der Waals surface area contributed by atoms with Crippen LogP contribution in [0.15, 0.2) is 27.8 Å². The Bertz CT molecular complexity index is 1170. The van der Waals surface area contributed by atoms with Gasteiger partial charge in [0.05, 0.1) is 12.8 Å². The van der Waals surface area contributed by atoms with Gasteiger partial charge in [-0.2, -0.15) is 5.26 Å². The molecule has 0 unspecified atom stereocenters. The standard InChI is InChI=1S/C18H15BrCl2N6O4S2/c1-30-14-12(27-5-9(25-26-27)17-24-15(20)16(21)33-17)13(29)10(6-28)31-18(14)32-11-2-7(19)4-23-8(11)3-22/h2,4-5,10,12-14,18,28-29H,6H2,1H3/t10-,12+,13+,14-,18-/m1/s1. The summed E-state index contributed by atoms with van der Waals surface area (Å²) >= 11 is 17.7. The molecule has 0 spiro atoms. The first-order valence-electron chi connectivity index (χ1n) is 9.29. The average Bonchev–Trinajstić information content (AvgIpc) is 3.41. The fourth-order valence-electron chi connectivity index (χ4n) is 3.34. The van der Waals surface area contributed by atoms with Gasteiger partial charge in [0.1, 0.15) is 50.9 Å². The number of thioether (sulfide) groups is 1. The van der Waals surface area contributed by atoms with Crippen LogP contribution in [0.25, 0.3) is 10.7 Å². The number of halogens is 3. The van der Waals surface area contributed by atoms with E-state index in [1.54, 1.807) is 12.3 Å². The van der Waals surface area contributed by atoms with E-state index in [2.05, 4.69) is 36.2 Å². The van der Waals surface area contributed by atoms with Crippen LogP contribution in [-0.4, -0.2) is 72.6 Å². The number of nitriles is 1. The maximum absolute atomic E-state index is 11.0. The molecular weight excluding hydrogens is 579 g/mol. The molecule has 0 saturated carbocycles. The fraction of sp³-hybridized carbons (Fsp3) is 0.389. The van der Waals surface area contributed by atoms with Crippen molar-refractivity contribution in [1.29, 1.82) is 5.26 Å². The molecule has 2 N–H and O–H groups in total. The van der Waals surface area contributed by atoms with Crippen LogP contribution in [0.3, 0.4) is 0 Å². The maximum Gasteiger partial charge on any atom is 0.159 e. The molecule has 33 heavy (non-hydrogen) atoms. The second-order valence-corrected chi connectivity index (χ2v) is 10.8. The third kappa shape index (κ3) is 5.04. The van der Waals surface area contributed by atoms with Crippen molar-refractivity contribution in [2.45, 2.75) is 34.7 Å². The Labute approximate surface area is 214 Å². The smallest absolute Gasteiger partial charge is 0.159 e. The first-order chi connectivity index (χ1) is 15.9. The minimum Gasteiger partial charge on any atom is -0.394 e. The number of thiazole rings is 1. The highest BCUT2D eigenvalue weighted by Gasteiger charge is 2.47. The molecule has 1 saturated heterocycles. The normalized spacial score (nSPS) is 25.2. The van der Waals surface area contributed by atoms with Crippen LogP contribution in [0.4, 0.5) is 0 Å². The van der Waals surface area contributed by atoms with Crippen LogP contribution in [0.2, 0.25) is 9.49 Å². The summed E-state index contributed by atoms with van der Waals surface area (Å²) in [5.41, 5.74) is -0.0827. The van der Waals surface area contributed by atoms with E-state index in [4.69, 9.17) is 32.7 Å². The number of ether oxygens (including phenoxy) is 2. The van der Waals surface area contributed by atoms with Crippen LogP contribution >= 0.6 is 62.2 Å². The van der Waals surface area contributed by atoms with Gasteiger partial charge in [0.25, 0.3) is 0 Å². The Morgan fingerprint density at radius 3 is 2.88 bits per heavy atom. The summed E-state index contributed by atoms with van der Waals surface area (Å²) in [6, 6.07) is 3.02. The van der Waals surface area contributed by atoms with Gasteiger partial charge in [0.15, 0.2) is 10.8 Å². The van der Waals surface area contributed by atoms with Gasteiger partial charge >= 0.3 is 0 Å². The predicted molar refractivity (Wildman–Crippen MR) is 125 cm³/mol. The van der Waals surface area contributed by atoms with E-state index < -0.39 is 36.4 Å². The zero-order chi connectivity index (χ0) is 23.7. The van der Waals surface area contributed by atoms with Crippen molar-refractivity contribution in [3.63, 3.8) is 0 Å². The minimum absolute atomic E-state index is 0.167. The Morgan fingerprint density at radius 2 is 2.24 bits per heavy atom. The van der Waals surface area contributed by atoms with Crippen molar-refractivity contribution in [3.05, 3.63) is 38.1 Å². The summed E-state index contributed by atoms with van der Waals surface area (Å²) in [6.07, 6.45) is 0.298. The molecule has 3 aromatic rings. The lowest BCUT2D eigenvalue weighted by Crippen LogP contribution is -2.55. The van der Waals surface area contributed by atoms with Crippen molar-refractivity contribution < 1.29 is 19.7 Å². The molecule has 0 aromatic carbocycles. The fourth-order valence-corrected chi connectivity index (χ4v) is 6.23. The van der Waals surface area contributed by atoms with E-state index in [-0.39, 0.29) is 10.8 Å². The average molecular weight is 594 g/mol. The third-order valence-corrected chi connectivity index (χ3v) is 8.22. The highest BCUT2D eigenvalue weighted by Crippen LogP contribution is 2.41. The van der Waals surface area contributed by atoms with Gasteiger partial charge in [-0.25, -0.2) is 14.6 Å². The number of aromatic nitrogens is 5. The molecule has 0 bridgehead atoms. The highest BCUT2D eigenvalue weighted by atomic mass is 79.9. The van der Waals surface area contributed by atoms with E-state index in [0.717, 1.165) is 11.3 Å². The molecule has 3 aromatic heterocycles. The van der Waals surface area contributed by atoms with E-state index in [1.165, 1.54) is 29.8 Å². The molecule has 4 rings (SSSR count). The number of hydrogen-bond acceptors (Lipinski definition) is 11. The minimum atomic E-state index is -1.16. The molecule has 0 aliphatic carbocycles. The van der Waals surface area contributed by atoms with Crippen molar-refractivity contribution in [3.8, 4) is 16.8 Å². The molecule has 15 heteroatoms. The van der Waals surface area contributed by atoms with Crippen LogP contribution in [0.1, 0.15) is 11.7 Å². The zero-order valence-corrected chi connectivity index (χ0v) is 21.4. The summed E-state index contributed by atoms with van der Waals surface area (Å²) in [4.78, 5) is 8.82. The van der Waals surface area contributed by atoms with Crippen LogP contribution in [-0.2, 0) is 9.47 Å². The van der Waals surface area contributed by atoms with Crippen molar-refractivity contribution in [2.24, 2.45) is 0 Å². The molecular formula is C18H15BrCl2N6O4S2. The molecule has 1 aliphatic heterocycles. The molecule has 4 heterocycles. The molecule has 0 amide bonds. The molecule has 5 atom stereocenters. The Morgan fingerprint density at radius 1 is 1.45 bits per heavy atom. The molecule has 10 nitrogen and oxygen atoms in total. The van der Waals surface area contributed by atoms with E-state index in [1.807, 2.05) is 6.07 Å². The van der Waals surface area contributed by atoms with Crippen molar-refractivity contribution in [1.82, 2.24) is 25.0 Å². The number of hydrogen-bond donors (Lipinski definition) is 2. The SMILES string of the molecule is CO[C@@H]1[C@@H](n2cc(-c3nc(Cl)c(Cl)s3)nn2)[C@@H](O)[C@@H](CO)O[C@@H]1Sc1cc(Br)cnc1C#N. The molecule has 0 radical (unpaired) electrons. The monoisotopic (exact) mass is 592 g/mol. The lowest BCUT2D eigenvalue weighted by Gasteiger charge is -2.43. The highest BCUT2D eigenvalue weighted by molar-refractivity contribution is 9.10. The van der Waals surface area contributed by atoms with Crippen LogP contribution < -0.4 is 0 Å². The quantitative estimate of drug-likeness (QED) is 0.438. The Hall–Kier alpha value is -1.34. The summed E-state index contributed by atoms with van der Waals surface area (Å²) in [6.45, 7) is -0.438. The van der Waals surface area contributed by atoms with Gasteiger partial charge in [-0.15, -0.1) is 5.10 Å². The lowest BCUT2D eigenvalue weighted by atomic mass is 9.97. The summed E-state index contributed by atoms with van der Waals surface area (Å²) < 4.78 is 14.1. The summed E-state index contributed by atoms with van der Waals surface area (Å²) in [5, 5.41) is 39.1. The first kappa shape index (κ1) is 24.8. The Balaban J connectivity index is 1.68. The summed E-state index contributed by atoms with van der Waals surface area (Å²) in [7, 11) is 1.48. The number of aliphatic hydroxyl groups excluding tert-OH is 2. The third-order valence-electron chi connectivity index (χ3n) is 4.85. The number of aliphatic hydroxyl groups is 2. The maximum atomic E-state index is 11.0. The first-order valence-corrected chi connectivity index (χ1v) is 12.5. The number of rotatable bonds is 6.